The van der Waals surface area contributed by atoms with E-state index in [0.717, 1.165) is 24.4 Å². The lowest BCUT2D eigenvalue weighted by molar-refractivity contribution is 0.363. The Hall–Kier alpha value is -1.61. The van der Waals surface area contributed by atoms with Gasteiger partial charge in [0.1, 0.15) is 5.82 Å². The second-order valence-corrected chi connectivity index (χ2v) is 6.03. The molecule has 1 fully saturated rings. The first kappa shape index (κ1) is 13.4. The number of para-hydroxylation sites is 1. The van der Waals surface area contributed by atoms with Gasteiger partial charge in [0.2, 0.25) is 0 Å². The topological polar surface area (TPSA) is 42.2 Å². The molecule has 1 aromatic carbocycles. The van der Waals surface area contributed by atoms with Crippen LogP contribution in [0.15, 0.2) is 30.3 Å². The van der Waals surface area contributed by atoms with Crippen molar-refractivity contribution < 1.29 is 0 Å². The SMILES string of the molecule is Cc1cc2ccccc2nc1N1CCCC(C(C)N)C1. The van der Waals surface area contributed by atoms with Crippen molar-refractivity contribution in [3.05, 3.63) is 35.9 Å². The third-order valence-corrected chi connectivity index (χ3v) is 4.39. The summed E-state index contributed by atoms with van der Waals surface area (Å²) < 4.78 is 0. The predicted molar refractivity (Wildman–Crippen MR) is 85.1 cm³/mol. The number of nitrogens with two attached hydrogens (primary N) is 1. The van der Waals surface area contributed by atoms with Gasteiger partial charge >= 0.3 is 0 Å². The van der Waals surface area contributed by atoms with Crippen LogP contribution in [0.4, 0.5) is 5.82 Å². The van der Waals surface area contributed by atoms with Crippen LogP contribution < -0.4 is 10.6 Å². The van der Waals surface area contributed by atoms with E-state index in [9.17, 15) is 0 Å². The van der Waals surface area contributed by atoms with Gasteiger partial charge in [-0.2, -0.15) is 0 Å². The fourth-order valence-corrected chi connectivity index (χ4v) is 3.16. The third kappa shape index (κ3) is 2.50. The number of aryl methyl sites for hydroxylation is 1. The van der Waals surface area contributed by atoms with Crippen molar-refractivity contribution in [2.24, 2.45) is 11.7 Å². The Morgan fingerprint density at radius 1 is 1.35 bits per heavy atom. The first-order valence-corrected chi connectivity index (χ1v) is 7.52. The third-order valence-electron chi connectivity index (χ3n) is 4.39. The fourth-order valence-electron chi connectivity index (χ4n) is 3.16. The molecule has 2 unspecified atom stereocenters. The molecule has 2 N–H and O–H groups in total. The Balaban J connectivity index is 1.94. The van der Waals surface area contributed by atoms with Crippen molar-refractivity contribution >= 4 is 16.7 Å². The van der Waals surface area contributed by atoms with E-state index in [1.54, 1.807) is 0 Å². The van der Waals surface area contributed by atoms with Gasteiger partial charge in [0.25, 0.3) is 0 Å². The number of piperidine rings is 1. The summed E-state index contributed by atoms with van der Waals surface area (Å²) in [6.45, 7) is 6.40. The standard InChI is InChI=1S/C17H23N3/c1-12-10-14-6-3-4-8-16(14)19-17(12)20-9-5-7-15(11-20)13(2)18/h3-4,6,8,10,13,15H,5,7,9,11,18H2,1-2H3. The van der Waals surface area contributed by atoms with E-state index in [1.807, 2.05) is 0 Å². The summed E-state index contributed by atoms with van der Waals surface area (Å²) in [7, 11) is 0. The Morgan fingerprint density at radius 2 is 2.15 bits per heavy atom. The van der Waals surface area contributed by atoms with Crippen molar-refractivity contribution in [1.29, 1.82) is 0 Å². The van der Waals surface area contributed by atoms with Gasteiger partial charge in [-0.3, -0.25) is 0 Å². The zero-order chi connectivity index (χ0) is 14.1. The highest BCUT2D eigenvalue weighted by Gasteiger charge is 2.24. The average molecular weight is 269 g/mol. The zero-order valence-electron chi connectivity index (χ0n) is 12.3. The Bertz CT molecular complexity index is 606. The molecule has 0 radical (unpaired) electrons. The van der Waals surface area contributed by atoms with E-state index in [0.29, 0.717) is 5.92 Å². The molecule has 0 bridgehead atoms. The van der Waals surface area contributed by atoms with Crippen LogP contribution in [-0.2, 0) is 0 Å². The normalized spacial score (nSPS) is 21.1. The van der Waals surface area contributed by atoms with Gasteiger partial charge in [-0.05, 0) is 50.3 Å². The molecule has 3 rings (SSSR count). The van der Waals surface area contributed by atoms with E-state index < -0.39 is 0 Å². The lowest BCUT2D eigenvalue weighted by Crippen LogP contribution is -2.43. The molecule has 0 amide bonds. The van der Waals surface area contributed by atoms with Gasteiger partial charge in [0, 0.05) is 24.5 Å². The summed E-state index contributed by atoms with van der Waals surface area (Å²) in [4.78, 5) is 7.29. The number of nitrogens with zero attached hydrogens (tertiary/aromatic N) is 2. The van der Waals surface area contributed by atoms with Crippen LogP contribution in [0.2, 0.25) is 0 Å². The second-order valence-electron chi connectivity index (χ2n) is 6.03. The predicted octanol–water partition coefficient (Wildman–Crippen LogP) is 3.11. The highest BCUT2D eigenvalue weighted by Crippen LogP contribution is 2.28. The molecule has 0 aliphatic carbocycles. The van der Waals surface area contributed by atoms with Crippen LogP contribution in [0.5, 0.6) is 0 Å². The number of hydrogen-bond donors (Lipinski definition) is 1. The summed E-state index contributed by atoms with van der Waals surface area (Å²) >= 11 is 0. The molecule has 106 valence electrons. The molecule has 1 aromatic heterocycles. The maximum absolute atomic E-state index is 6.09. The van der Waals surface area contributed by atoms with Crippen LogP contribution in [0.1, 0.15) is 25.3 Å². The molecule has 2 atom stereocenters. The van der Waals surface area contributed by atoms with Crippen LogP contribution in [0.25, 0.3) is 10.9 Å². The summed E-state index contributed by atoms with van der Waals surface area (Å²) in [6, 6.07) is 10.8. The van der Waals surface area contributed by atoms with Crippen LogP contribution >= 0.6 is 0 Å². The molecule has 0 spiro atoms. The van der Waals surface area contributed by atoms with E-state index in [-0.39, 0.29) is 6.04 Å². The van der Waals surface area contributed by atoms with E-state index in [4.69, 9.17) is 10.7 Å². The van der Waals surface area contributed by atoms with Crippen molar-refractivity contribution in [1.82, 2.24) is 4.98 Å². The summed E-state index contributed by atoms with van der Waals surface area (Å²) in [5.74, 6) is 1.71. The lowest BCUT2D eigenvalue weighted by Gasteiger charge is -2.36. The number of fused-ring (bicyclic) bond motifs is 1. The summed E-state index contributed by atoms with van der Waals surface area (Å²) in [6.07, 6.45) is 2.45. The molecule has 0 saturated carbocycles. The highest BCUT2D eigenvalue weighted by molar-refractivity contribution is 5.81. The highest BCUT2D eigenvalue weighted by atomic mass is 15.2. The van der Waals surface area contributed by atoms with E-state index in [1.165, 1.54) is 23.8 Å². The number of hydrogen-bond acceptors (Lipinski definition) is 3. The van der Waals surface area contributed by atoms with Crippen molar-refractivity contribution in [3.8, 4) is 0 Å². The molecular weight excluding hydrogens is 246 g/mol. The Morgan fingerprint density at radius 3 is 2.95 bits per heavy atom. The first-order valence-electron chi connectivity index (χ1n) is 7.52. The first-order chi connectivity index (χ1) is 9.65. The monoisotopic (exact) mass is 269 g/mol. The van der Waals surface area contributed by atoms with Crippen molar-refractivity contribution in [2.45, 2.75) is 32.7 Å². The summed E-state index contributed by atoms with van der Waals surface area (Å²) in [5.41, 5.74) is 8.43. The minimum Gasteiger partial charge on any atom is -0.356 e. The molecule has 1 aliphatic rings. The maximum atomic E-state index is 6.09. The van der Waals surface area contributed by atoms with Crippen molar-refractivity contribution in [3.63, 3.8) is 0 Å². The van der Waals surface area contributed by atoms with E-state index >= 15 is 0 Å². The molecule has 20 heavy (non-hydrogen) atoms. The fraction of sp³-hybridized carbons (Fsp3) is 0.471. The molecule has 3 nitrogen and oxygen atoms in total. The average Bonchev–Trinajstić information content (AvgIpc) is 2.46. The molecular formula is C17H23N3. The van der Waals surface area contributed by atoms with Crippen LogP contribution in [0.3, 0.4) is 0 Å². The van der Waals surface area contributed by atoms with Gasteiger partial charge in [-0.25, -0.2) is 4.98 Å². The van der Waals surface area contributed by atoms with Gasteiger partial charge < -0.3 is 10.6 Å². The maximum Gasteiger partial charge on any atom is 0.132 e. The minimum atomic E-state index is 0.263. The second kappa shape index (κ2) is 5.41. The van der Waals surface area contributed by atoms with Crippen LogP contribution in [-0.4, -0.2) is 24.1 Å². The van der Waals surface area contributed by atoms with E-state index in [2.05, 4.69) is 49.1 Å². The number of benzene rings is 1. The molecule has 1 aliphatic heterocycles. The quantitative estimate of drug-likeness (QED) is 0.911. The Kier molecular flexibility index (Phi) is 3.62. The number of rotatable bonds is 2. The zero-order valence-corrected chi connectivity index (χ0v) is 12.3. The van der Waals surface area contributed by atoms with Gasteiger partial charge in [0.05, 0.1) is 5.52 Å². The molecule has 3 heteroatoms. The van der Waals surface area contributed by atoms with Gasteiger partial charge in [-0.1, -0.05) is 18.2 Å². The number of aromatic nitrogens is 1. The summed E-state index contributed by atoms with van der Waals surface area (Å²) in [5, 5.41) is 1.22. The molecule has 1 saturated heterocycles. The van der Waals surface area contributed by atoms with Crippen molar-refractivity contribution in [2.75, 3.05) is 18.0 Å². The van der Waals surface area contributed by atoms with Gasteiger partial charge in [-0.15, -0.1) is 0 Å². The molecule has 2 heterocycles. The minimum absolute atomic E-state index is 0.263. The lowest BCUT2D eigenvalue weighted by atomic mass is 9.92. The number of pyridine rings is 1. The Labute approximate surface area is 120 Å². The smallest absolute Gasteiger partial charge is 0.132 e. The largest absolute Gasteiger partial charge is 0.356 e. The van der Waals surface area contributed by atoms with Crippen LogP contribution in [0, 0.1) is 12.8 Å². The molecule has 2 aromatic rings. The number of anilines is 1. The van der Waals surface area contributed by atoms with Gasteiger partial charge in [0.15, 0.2) is 0 Å².